The van der Waals surface area contributed by atoms with Gasteiger partial charge in [-0.25, -0.2) is 4.79 Å². The van der Waals surface area contributed by atoms with Crippen LogP contribution >= 0.6 is 11.8 Å². The van der Waals surface area contributed by atoms with Gasteiger partial charge < -0.3 is 15.3 Å². The van der Waals surface area contributed by atoms with Crippen LogP contribution in [0.3, 0.4) is 0 Å². The number of hydrogen-bond donors (Lipinski definition) is 2. The van der Waals surface area contributed by atoms with Crippen LogP contribution in [0, 0.1) is 17.8 Å². The van der Waals surface area contributed by atoms with E-state index in [9.17, 15) is 14.7 Å². The average molecular weight is 312 g/mol. The summed E-state index contributed by atoms with van der Waals surface area (Å²) in [7, 11) is 0. The van der Waals surface area contributed by atoms with E-state index in [1.54, 1.807) is 0 Å². The molecule has 3 rings (SSSR count). The first-order valence-corrected chi connectivity index (χ1v) is 8.95. The number of aliphatic carboxylic acids is 1. The van der Waals surface area contributed by atoms with Crippen molar-refractivity contribution in [2.24, 2.45) is 17.8 Å². The number of nitrogens with zero attached hydrogens (tertiary/aromatic N) is 1. The van der Waals surface area contributed by atoms with Crippen molar-refractivity contribution in [3.8, 4) is 0 Å². The van der Waals surface area contributed by atoms with Gasteiger partial charge in [0.15, 0.2) is 0 Å². The molecule has 2 bridgehead atoms. The third-order valence-electron chi connectivity index (χ3n) is 5.64. The Hall–Kier alpha value is -0.910. The summed E-state index contributed by atoms with van der Waals surface area (Å²) in [6, 6.07) is -0.0464. The zero-order valence-electron chi connectivity index (χ0n) is 12.6. The molecule has 1 heterocycles. The maximum Gasteiger partial charge on any atom is 0.317 e. The van der Waals surface area contributed by atoms with E-state index >= 15 is 0 Å². The number of hydrogen-bond acceptors (Lipinski definition) is 3. The summed E-state index contributed by atoms with van der Waals surface area (Å²) in [5.74, 6) is 0.429. The molecule has 0 aromatic carbocycles. The molecular weight excluding hydrogens is 288 g/mol. The number of amides is 2. The van der Waals surface area contributed by atoms with E-state index in [1.165, 1.54) is 0 Å². The first-order valence-electron chi connectivity index (χ1n) is 7.90. The van der Waals surface area contributed by atoms with Crippen molar-refractivity contribution in [2.45, 2.75) is 50.4 Å². The Labute approximate surface area is 129 Å². The lowest BCUT2D eigenvalue weighted by Gasteiger charge is -2.39. The van der Waals surface area contributed by atoms with Crippen LogP contribution in [0.15, 0.2) is 0 Å². The van der Waals surface area contributed by atoms with Crippen molar-refractivity contribution >= 4 is 23.8 Å². The Morgan fingerprint density at radius 2 is 1.95 bits per heavy atom. The predicted octanol–water partition coefficient (Wildman–Crippen LogP) is 2.02. The SMILES string of the molecule is CC1SCCN(C(=O)NC2C3CCC(C3)C2C(=O)O)C1C. The van der Waals surface area contributed by atoms with Gasteiger partial charge in [0.05, 0.1) is 5.92 Å². The Morgan fingerprint density at radius 1 is 1.24 bits per heavy atom. The van der Waals surface area contributed by atoms with Gasteiger partial charge in [0.1, 0.15) is 0 Å². The van der Waals surface area contributed by atoms with Crippen molar-refractivity contribution in [3.05, 3.63) is 0 Å². The number of rotatable bonds is 2. The molecule has 118 valence electrons. The van der Waals surface area contributed by atoms with Crippen LogP contribution in [0.25, 0.3) is 0 Å². The van der Waals surface area contributed by atoms with Gasteiger partial charge in [-0.15, -0.1) is 0 Å². The molecule has 2 N–H and O–H groups in total. The number of carboxylic acids is 1. The minimum atomic E-state index is -0.747. The lowest BCUT2D eigenvalue weighted by Crippen LogP contribution is -2.56. The maximum atomic E-state index is 12.6. The molecule has 5 nitrogen and oxygen atoms in total. The second-order valence-corrected chi connectivity index (χ2v) is 8.17. The molecule has 21 heavy (non-hydrogen) atoms. The molecule has 0 spiro atoms. The third kappa shape index (κ3) is 2.62. The third-order valence-corrected chi connectivity index (χ3v) is 6.97. The van der Waals surface area contributed by atoms with Crippen molar-refractivity contribution in [3.63, 3.8) is 0 Å². The Balaban J connectivity index is 1.68. The summed E-state index contributed by atoms with van der Waals surface area (Å²) in [5, 5.41) is 12.9. The Bertz CT molecular complexity index is 445. The van der Waals surface area contributed by atoms with Crippen LogP contribution in [-0.4, -0.2) is 51.6 Å². The van der Waals surface area contributed by atoms with Crippen LogP contribution in [0.5, 0.6) is 0 Å². The summed E-state index contributed by atoms with van der Waals surface area (Å²) >= 11 is 1.89. The number of carbonyl (C=O) groups excluding carboxylic acids is 1. The standard InChI is InChI=1S/C15H24N2O3S/c1-8-9(2)21-6-5-17(8)15(20)16-13-11-4-3-10(7-11)12(13)14(18)19/h8-13H,3-7H2,1-2H3,(H,16,20)(H,18,19). The van der Waals surface area contributed by atoms with Crippen LogP contribution in [0.4, 0.5) is 4.79 Å². The molecule has 6 atom stereocenters. The number of carboxylic acid groups (broad SMARTS) is 1. The highest BCUT2D eigenvalue weighted by Gasteiger charge is 2.52. The smallest absolute Gasteiger partial charge is 0.317 e. The molecule has 6 unspecified atom stereocenters. The van der Waals surface area contributed by atoms with Gasteiger partial charge in [-0.05, 0) is 38.0 Å². The van der Waals surface area contributed by atoms with Gasteiger partial charge in [0, 0.05) is 29.6 Å². The number of thioether (sulfide) groups is 1. The molecule has 3 fully saturated rings. The van der Waals surface area contributed by atoms with E-state index in [0.717, 1.165) is 31.6 Å². The van der Waals surface area contributed by atoms with Gasteiger partial charge >= 0.3 is 12.0 Å². The average Bonchev–Trinajstić information content (AvgIpc) is 3.02. The molecule has 1 saturated heterocycles. The number of fused-ring (bicyclic) bond motifs is 2. The zero-order chi connectivity index (χ0) is 15.1. The van der Waals surface area contributed by atoms with Crippen molar-refractivity contribution < 1.29 is 14.7 Å². The lowest BCUT2D eigenvalue weighted by molar-refractivity contribution is -0.144. The summed E-state index contributed by atoms with van der Waals surface area (Å²) in [5.41, 5.74) is 0. The molecular formula is C15H24N2O3S. The van der Waals surface area contributed by atoms with E-state index in [-0.39, 0.29) is 30.0 Å². The second-order valence-electron chi connectivity index (χ2n) is 6.68. The fourth-order valence-corrected chi connectivity index (χ4v) is 5.40. The quantitative estimate of drug-likeness (QED) is 0.818. The summed E-state index contributed by atoms with van der Waals surface area (Å²) in [6.07, 6.45) is 3.02. The Morgan fingerprint density at radius 3 is 2.67 bits per heavy atom. The molecule has 3 aliphatic rings. The van der Waals surface area contributed by atoms with E-state index in [1.807, 2.05) is 16.7 Å². The molecule has 2 saturated carbocycles. The molecule has 0 aromatic rings. The summed E-state index contributed by atoms with van der Waals surface area (Å²) in [4.78, 5) is 26.0. The highest BCUT2D eigenvalue weighted by Crippen LogP contribution is 2.48. The molecule has 0 aromatic heterocycles. The second kappa shape index (κ2) is 5.71. The first kappa shape index (κ1) is 15.0. The van der Waals surface area contributed by atoms with Gasteiger partial charge in [-0.3, -0.25) is 4.79 Å². The monoisotopic (exact) mass is 312 g/mol. The number of urea groups is 1. The number of carbonyl (C=O) groups is 2. The van der Waals surface area contributed by atoms with E-state index in [4.69, 9.17) is 0 Å². The van der Waals surface area contributed by atoms with Gasteiger partial charge in [0.25, 0.3) is 0 Å². The van der Waals surface area contributed by atoms with Crippen LogP contribution in [0.2, 0.25) is 0 Å². The molecule has 0 radical (unpaired) electrons. The number of nitrogens with one attached hydrogen (secondary N) is 1. The van der Waals surface area contributed by atoms with Crippen molar-refractivity contribution in [1.82, 2.24) is 10.2 Å². The van der Waals surface area contributed by atoms with Gasteiger partial charge in [-0.1, -0.05) is 6.92 Å². The summed E-state index contributed by atoms with van der Waals surface area (Å²) < 4.78 is 0. The van der Waals surface area contributed by atoms with E-state index in [2.05, 4.69) is 19.2 Å². The zero-order valence-corrected chi connectivity index (χ0v) is 13.4. The largest absolute Gasteiger partial charge is 0.481 e. The van der Waals surface area contributed by atoms with Crippen LogP contribution in [-0.2, 0) is 4.79 Å². The molecule has 1 aliphatic heterocycles. The minimum absolute atomic E-state index is 0.0709. The van der Waals surface area contributed by atoms with Gasteiger partial charge in [-0.2, -0.15) is 11.8 Å². The first-order chi connectivity index (χ1) is 9.99. The highest BCUT2D eigenvalue weighted by atomic mass is 32.2. The molecule has 2 aliphatic carbocycles. The molecule has 2 amide bonds. The van der Waals surface area contributed by atoms with E-state index < -0.39 is 5.97 Å². The highest BCUT2D eigenvalue weighted by molar-refractivity contribution is 8.00. The predicted molar refractivity (Wildman–Crippen MR) is 82.4 cm³/mol. The maximum absolute atomic E-state index is 12.6. The normalized spacial score (nSPS) is 42.1. The summed E-state index contributed by atoms with van der Waals surface area (Å²) in [6.45, 7) is 4.97. The van der Waals surface area contributed by atoms with Crippen molar-refractivity contribution in [1.29, 1.82) is 0 Å². The topological polar surface area (TPSA) is 69.6 Å². The van der Waals surface area contributed by atoms with Crippen molar-refractivity contribution in [2.75, 3.05) is 12.3 Å². The Kier molecular flexibility index (Phi) is 4.08. The van der Waals surface area contributed by atoms with Crippen LogP contribution in [0.1, 0.15) is 33.1 Å². The molecule has 6 heteroatoms. The fraction of sp³-hybridized carbons (Fsp3) is 0.867. The van der Waals surface area contributed by atoms with Crippen LogP contribution < -0.4 is 5.32 Å². The fourth-order valence-electron chi connectivity index (χ4n) is 4.30. The van der Waals surface area contributed by atoms with E-state index in [0.29, 0.717) is 11.2 Å². The minimum Gasteiger partial charge on any atom is -0.481 e. The van der Waals surface area contributed by atoms with Gasteiger partial charge in [0.2, 0.25) is 0 Å². The lowest BCUT2D eigenvalue weighted by atomic mass is 9.84.